The summed E-state index contributed by atoms with van der Waals surface area (Å²) in [6, 6.07) is 6.31. The van der Waals surface area contributed by atoms with Crippen molar-refractivity contribution in [2.24, 2.45) is 5.73 Å². The lowest BCUT2D eigenvalue weighted by atomic mass is 10.1. The fraction of sp³-hybridized carbons (Fsp3) is 0.231. The van der Waals surface area contributed by atoms with Gasteiger partial charge in [-0.25, -0.2) is 4.39 Å². The number of thiophene rings is 1. The van der Waals surface area contributed by atoms with Crippen molar-refractivity contribution < 1.29 is 9.13 Å². The number of hydrogen-bond acceptors (Lipinski definition) is 3. The minimum absolute atomic E-state index is 0.0354. The molecule has 1 aromatic heterocycles. The topological polar surface area (TPSA) is 35.2 Å². The van der Waals surface area contributed by atoms with Crippen LogP contribution in [0.4, 0.5) is 4.39 Å². The predicted octanol–water partition coefficient (Wildman–Crippen LogP) is 4.77. The minimum Gasteiger partial charge on any atom is -0.480 e. The second-order valence-electron chi connectivity index (χ2n) is 4.12. The number of rotatable bonds is 4. The maximum Gasteiger partial charge on any atom is 0.183 e. The molecule has 19 heavy (non-hydrogen) atoms. The predicted molar refractivity (Wildman–Crippen MR) is 80.4 cm³/mol. The van der Waals surface area contributed by atoms with Crippen LogP contribution in [0.15, 0.2) is 34.1 Å². The van der Waals surface area contributed by atoms with Crippen LogP contribution < -0.4 is 10.5 Å². The monoisotopic (exact) mass is 363 g/mol. The molecule has 1 aromatic carbocycles. The largest absolute Gasteiger partial charge is 0.480 e. The summed E-state index contributed by atoms with van der Waals surface area (Å²) in [5, 5.41) is 1.97. The molecular weight excluding hydrogens is 353 g/mol. The third-order valence-electron chi connectivity index (χ3n) is 2.52. The Hall–Kier alpha value is -0.620. The average Bonchev–Trinajstić information content (AvgIpc) is 2.77. The average molecular weight is 365 g/mol. The van der Waals surface area contributed by atoms with Crippen LogP contribution in [0.5, 0.6) is 5.75 Å². The summed E-state index contributed by atoms with van der Waals surface area (Å²) in [5.74, 6) is -0.454. The van der Waals surface area contributed by atoms with Gasteiger partial charge in [-0.05, 0) is 41.1 Å². The molecule has 0 aliphatic heterocycles. The van der Waals surface area contributed by atoms with Gasteiger partial charge in [0.25, 0.3) is 0 Å². The molecule has 0 saturated heterocycles. The number of ether oxygens (including phenoxy) is 1. The summed E-state index contributed by atoms with van der Waals surface area (Å²) in [6.45, 7) is 1.82. The number of hydrogen-bond donors (Lipinski definition) is 1. The van der Waals surface area contributed by atoms with Crippen LogP contribution in [0.2, 0.25) is 5.02 Å². The quantitative estimate of drug-likeness (QED) is 0.848. The van der Waals surface area contributed by atoms with Crippen molar-refractivity contribution in [3.05, 3.63) is 49.8 Å². The van der Waals surface area contributed by atoms with Gasteiger partial charge >= 0.3 is 0 Å². The van der Waals surface area contributed by atoms with Crippen molar-refractivity contribution in [2.45, 2.75) is 19.1 Å². The van der Waals surface area contributed by atoms with Crippen molar-refractivity contribution in [1.82, 2.24) is 0 Å². The van der Waals surface area contributed by atoms with E-state index in [9.17, 15) is 4.39 Å². The van der Waals surface area contributed by atoms with Gasteiger partial charge in [-0.1, -0.05) is 17.7 Å². The molecule has 2 unspecified atom stereocenters. The van der Waals surface area contributed by atoms with Crippen molar-refractivity contribution >= 4 is 38.9 Å². The number of halogens is 3. The smallest absolute Gasteiger partial charge is 0.183 e. The van der Waals surface area contributed by atoms with Crippen molar-refractivity contribution in [3.63, 3.8) is 0 Å². The van der Waals surface area contributed by atoms with Crippen LogP contribution in [0.1, 0.15) is 17.9 Å². The van der Waals surface area contributed by atoms with Gasteiger partial charge in [0.1, 0.15) is 6.10 Å². The van der Waals surface area contributed by atoms with E-state index >= 15 is 0 Å². The highest BCUT2D eigenvalue weighted by Crippen LogP contribution is 2.33. The van der Waals surface area contributed by atoms with Gasteiger partial charge in [0.05, 0.1) is 5.02 Å². The van der Waals surface area contributed by atoms with Crippen LogP contribution in [0.3, 0.4) is 0 Å². The Bertz CT molecular complexity index is 576. The molecule has 6 heteroatoms. The van der Waals surface area contributed by atoms with Gasteiger partial charge in [-0.2, -0.15) is 0 Å². The molecule has 0 radical (unpaired) electrons. The highest BCUT2D eigenvalue weighted by Gasteiger charge is 2.22. The van der Waals surface area contributed by atoms with E-state index in [1.54, 1.807) is 12.1 Å². The molecule has 2 aromatic rings. The molecule has 2 rings (SSSR count). The number of benzene rings is 1. The third kappa shape index (κ3) is 3.48. The lowest BCUT2D eigenvalue weighted by Crippen LogP contribution is -2.28. The first kappa shape index (κ1) is 14.8. The summed E-state index contributed by atoms with van der Waals surface area (Å²) in [7, 11) is 0. The van der Waals surface area contributed by atoms with Crippen LogP contribution in [-0.2, 0) is 0 Å². The van der Waals surface area contributed by atoms with Crippen molar-refractivity contribution in [1.29, 1.82) is 0 Å². The van der Waals surface area contributed by atoms with E-state index in [1.807, 2.05) is 18.4 Å². The molecule has 2 nitrogen and oxygen atoms in total. The lowest BCUT2D eigenvalue weighted by Gasteiger charge is -2.21. The Morgan fingerprint density at radius 1 is 1.47 bits per heavy atom. The standard InChI is InChI=1S/C13H12BrClFNOS/c1-7(17)13(11-5-8(14)6-19-11)18-10-4-2-3-9(15)12(10)16/h2-7,13H,17H2,1H3. The zero-order valence-corrected chi connectivity index (χ0v) is 13.2. The SMILES string of the molecule is CC(N)C(Oc1cccc(Cl)c1F)c1cc(Br)cs1. The first-order valence-corrected chi connectivity index (χ1v) is 7.64. The van der Waals surface area contributed by atoms with Gasteiger partial charge in [-0.15, -0.1) is 11.3 Å². The first-order valence-electron chi connectivity index (χ1n) is 5.59. The van der Waals surface area contributed by atoms with E-state index < -0.39 is 11.9 Å². The summed E-state index contributed by atoms with van der Waals surface area (Å²) < 4.78 is 20.5. The maximum absolute atomic E-state index is 13.8. The zero-order chi connectivity index (χ0) is 14.0. The third-order valence-corrected chi connectivity index (χ3v) is 4.56. The second kappa shape index (κ2) is 6.22. The van der Waals surface area contributed by atoms with E-state index in [0.29, 0.717) is 0 Å². The summed E-state index contributed by atoms with van der Waals surface area (Å²) in [4.78, 5) is 0.932. The Labute approximate surface area is 128 Å². The minimum atomic E-state index is -0.564. The Balaban J connectivity index is 2.29. The second-order valence-corrected chi connectivity index (χ2v) is 6.38. The summed E-state index contributed by atoms with van der Waals surface area (Å²) in [6.07, 6.45) is -0.413. The molecule has 0 aliphatic rings. The Morgan fingerprint density at radius 3 is 2.79 bits per heavy atom. The van der Waals surface area contributed by atoms with E-state index in [1.165, 1.54) is 17.4 Å². The molecule has 1 heterocycles. The molecule has 2 atom stereocenters. The van der Waals surface area contributed by atoms with Gasteiger partial charge < -0.3 is 10.5 Å². The van der Waals surface area contributed by atoms with Crippen LogP contribution in [-0.4, -0.2) is 6.04 Å². The normalized spacial score (nSPS) is 14.2. The van der Waals surface area contributed by atoms with Gasteiger partial charge in [0, 0.05) is 20.8 Å². The first-order chi connectivity index (χ1) is 8.99. The molecule has 0 bridgehead atoms. The van der Waals surface area contributed by atoms with Crippen molar-refractivity contribution in [3.8, 4) is 5.75 Å². The zero-order valence-electron chi connectivity index (χ0n) is 10.1. The Morgan fingerprint density at radius 2 is 2.21 bits per heavy atom. The lowest BCUT2D eigenvalue weighted by molar-refractivity contribution is 0.176. The van der Waals surface area contributed by atoms with E-state index in [2.05, 4.69) is 15.9 Å². The summed E-state index contributed by atoms with van der Waals surface area (Å²) >= 11 is 10.6. The molecule has 0 fully saturated rings. The highest BCUT2D eigenvalue weighted by atomic mass is 79.9. The molecular formula is C13H12BrClFNOS. The van der Waals surface area contributed by atoms with Gasteiger partial charge in [-0.3, -0.25) is 0 Å². The molecule has 0 spiro atoms. The molecule has 0 amide bonds. The van der Waals surface area contributed by atoms with E-state index in [4.69, 9.17) is 22.1 Å². The molecule has 0 aliphatic carbocycles. The maximum atomic E-state index is 13.8. The van der Waals surface area contributed by atoms with Crippen LogP contribution in [0.25, 0.3) is 0 Å². The van der Waals surface area contributed by atoms with Gasteiger partial charge in [0.2, 0.25) is 0 Å². The Kier molecular flexibility index (Phi) is 4.84. The van der Waals surface area contributed by atoms with Gasteiger partial charge in [0.15, 0.2) is 11.6 Å². The fourth-order valence-corrected chi connectivity index (χ4v) is 3.37. The summed E-state index contributed by atoms with van der Waals surface area (Å²) in [5.41, 5.74) is 5.92. The van der Waals surface area contributed by atoms with E-state index in [0.717, 1.165) is 9.35 Å². The molecule has 2 N–H and O–H groups in total. The highest BCUT2D eigenvalue weighted by molar-refractivity contribution is 9.10. The molecule has 0 saturated carbocycles. The van der Waals surface area contributed by atoms with Crippen LogP contribution >= 0.6 is 38.9 Å². The van der Waals surface area contributed by atoms with E-state index in [-0.39, 0.29) is 16.8 Å². The van der Waals surface area contributed by atoms with Crippen LogP contribution in [0, 0.1) is 5.82 Å². The van der Waals surface area contributed by atoms with Crippen molar-refractivity contribution in [2.75, 3.05) is 0 Å². The number of nitrogens with two attached hydrogens (primary N) is 1. The molecule has 102 valence electrons. The fourth-order valence-electron chi connectivity index (χ4n) is 1.61.